The lowest BCUT2D eigenvalue weighted by Gasteiger charge is -2.14. The lowest BCUT2D eigenvalue weighted by Crippen LogP contribution is -2.09. The van der Waals surface area contributed by atoms with Gasteiger partial charge in [-0.1, -0.05) is 6.92 Å². The number of nitrogens with zero attached hydrogens (tertiary/aromatic N) is 2. The molecule has 2 aromatic rings. The first-order valence-electron chi connectivity index (χ1n) is 6.44. The van der Waals surface area contributed by atoms with Crippen LogP contribution >= 0.6 is 0 Å². The first-order valence-corrected chi connectivity index (χ1v) is 6.44. The van der Waals surface area contributed by atoms with Crippen LogP contribution in [0.5, 0.6) is 0 Å². The first kappa shape index (κ1) is 13.4. The second-order valence-corrected chi connectivity index (χ2v) is 4.95. The fourth-order valence-corrected chi connectivity index (χ4v) is 2.23. The van der Waals surface area contributed by atoms with Gasteiger partial charge in [0.15, 0.2) is 0 Å². The maximum absolute atomic E-state index is 9.19. The van der Waals surface area contributed by atoms with Gasteiger partial charge in [0, 0.05) is 23.7 Å². The monoisotopic (exact) mass is 254 g/mol. The summed E-state index contributed by atoms with van der Waals surface area (Å²) >= 11 is 0. The molecule has 0 aliphatic carbocycles. The maximum atomic E-state index is 9.19. The SMILES string of the molecule is Cc1ccc(CC(C)CO)n1-c1ccc(C#N)cc1. The molecule has 0 saturated heterocycles. The van der Waals surface area contributed by atoms with E-state index in [0.29, 0.717) is 5.56 Å². The van der Waals surface area contributed by atoms with E-state index in [4.69, 9.17) is 5.26 Å². The molecule has 1 aromatic heterocycles. The van der Waals surface area contributed by atoms with E-state index in [0.717, 1.165) is 17.8 Å². The lowest BCUT2D eigenvalue weighted by atomic mass is 10.1. The van der Waals surface area contributed by atoms with Crippen molar-refractivity contribution < 1.29 is 5.11 Å². The molecule has 0 spiro atoms. The van der Waals surface area contributed by atoms with Crippen molar-refractivity contribution in [3.05, 3.63) is 53.3 Å². The number of rotatable bonds is 4. The Hall–Kier alpha value is -2.05. The molecule has 0 aliphatic heterocycles. The van der Waals surface area contributed by atoms with Crippen molar-refractivity contribution in [2.24, 2.45) is 5.92 Å². The molecule has 1 aromatic carbocycles. The maximum Gasteiger partial charge on any atom is 0.0991 e. The van der Waals surface area contributed by atoms with E-state index in [1.54, 1.807) is 0 Å². The van der Waals surface area contributed by atoms with Crippen molar-refractivity contribution in [2.45, 2.75) is 20.3 Å². The van der Waals surface area contributed by atoms with E-state index >= 15 is 0 Å². The smallest absolute Gasteiger partial charge is 0.0991 e. The molecule has 0 aliphatic rings. The molecule has 3 heteroatoms. The van der Waals surface area contributed by atoms with Crippen LogP contribution in [0.3, 0.4) is 0 Å². The van der Waals surface area contributed by atoms with Crippen molar-refractivity contribution in [1.29, 1.82) is 5.26 Å². The van der Waals surface area contributed by atoms with Crippen LogP contribution in [0.1, 0.15) is 23.9 Å². The Morgan fingerprint density at radius 1 is 1.21 bits per heavy atom. The van der Waals surface area contributed by atoms with Crippen molar-refractivity contribution in [1.82, 2.24) is 4.57 Å². The lowest BCUT2D eigenvalue weighted by molar-refractivity contribution is 0.236. The molecule has 0 saturated carbocycles. The number of aliphatic hydroxyl groups excluding tert-OH is 1. The third kappa shape index (κ3) is 2.86. The van der Waals surface area contributed by atoms with Gasteiger partial charge >= 0.3 is 0 Å². The molecule has 1 atom stereocenters. The minimum Gasteiger partial charge on any atom is -0.396 e. The highest BCUT2D eigenvalue weighted by molar-refractivity contribution is 5.42. The van der Waals surface area contributed by atoms with Gasteiger partial charge in [-0.3, -0.25) is 0 Å². The zero-order chi connectivity index (χ0) is 13.8. The largest absolute Gasteiger partial charge is 0.396 e. The van der Waals surface area contributed by atoms with E-state index in [1.165, 1.54) is 5.69 Å². The van der Waals surface area contributed by atoms with Crippen LogP contribution in [0.15, 0.2) is 36.4 Å². The third-order valence-electron chi connectivity index (χ3n) is 3.28. The second kappa shape index (κ2) is 5.73. The van der Waals surface area contributed by atoms with Gasteiger partial charge in [-0.2, -0.15) is 5.26 Å². The summed E-state index contributed by atoms with van der Waals surface area (Å²) in [6.07, 6.45) is 0.838. The zero-order valence-corrected chi connectivity index (χ0v) is 11.3. The predicted octanol–water partition coefficient (Wildman–Crippen LogP) is 2.83. The number of aliphatic hydroxyl groups is 1. The highest BCUT2D eigenvalue weighted by Crippen LogP contribution is 2.20. The first-order chi connectivity index (χ1) is 9.15. The summed E-state index contributed by atoms with van der Waals surface area (Å²) in [6, 6.07) is 13.9. The van der Waals surface area contributed by atoms with Crippen LogP contribution in [-0.2, 0) is 6.42 Å². The summed E-state index contributed by atoms with van der Waals surface area (Å²) in [5, 5.41) is 18.0. The van der Waals surface area contributed by atoms with E-state index < -0.39 is 0 Å². The highest BCUT2D eigenvalue weighted by atomic mass is 16.3. The van der Waals surface area contributed by atoms with Gasteiger partial charge in [-0.25, -0.2) is 0 Å². The number of hydrogen-bond acceptors (Lipinski definition) is 2. The predicted molar refractivity (Wildman–Crippen MR) is 75.2 cm³/mol. The van der Waals surface area contributed by atoms with Crippen LogP contribution in [0.25, 0.3) is 5.69 Å². The number of hydrogen-bond donors (Lipinski definition) is 1. The molecule has 0 radical (unpaired) electrons. The Kier molecular flexibility index (Phi) is 4.03. The molecule has 2 rings (SSSR count). The Bertz CT molecular complexity index is 590. The molecule has 0 amide bonds. The van der Waals surface area contributed by atoms with Gasteiger partial charge in [-0.05, 0) is 55.7 Å². The van der Waals surface area contributed by atoms with Gasteiger partial charge < -0.3 is 9.67 Å². The van der Waals surface area contributed by atoms with Crippen molar-refractivity contribution >= 4 is 0 Å². The molecule has 19 heavy (non-hydrogen) atoms. The second-order valence-electron chi connectivity index (χ2n) is 4.95. The summed E-state index contributed by atoms with van der Waals surface area (Å²) in [6.45, 7) is 4.29. The fraction of sp³-hybridized carbons (Fsp3) is 0.312. The van der Waals surface area contributed by atoms with Crippen LogP contribution in [0.4, 0.5) is 0 Å². The molecule has 1 heterocycles. The average molecular weight is 254 g/mol. The molecular weight excluding hydrogens is 236 g/mol. The van der Waals surface area contributed by atoms with E-state index in [1.807, 2.05) is 31.2 Å². The Labute approximate surface area is 113 Å². The summed E-state index contributed by atoms with van der Waals surface area (Å²) in [5.74, 6) is 0.242. The number of aromatic nitrogens is 1. The number of benzene rings is 1. The topological polar surface area (TPSA) is 49.0 Å². The number of aryl methyl sites for hydroxylation is 1. The van der Waals surface area contributed by atoms with E-state index in [-0.39, 0.29) is 12.5 Å². The van der Waals surface area contributed by atoms with Gasteiger partial charge in [0.2, 0.25) is 0 Å². The van der Waals surface area contributed by atoms with Crippen LogP contribution in [-0.4, -0.2) is 16.3 Å². The van der Waals surface area contributed by atoms with Gasteiger partial charge in [0.1, 0.15) is 0 Å². The van der Waals surface area contributed by atoms with Crippen molar-refractivity contribution in [3.8, 4) is 11.8 Å². The average Bonchev–Trinajstić information content (AvgIpc) is 2.79. The molecular formula is C16H18N2O. The van der Waals surface area contributed by atoms with Crippen molar-refractivity contribution in [2.75, 3.05) is 6.61 Å². The quantitative estimate of drug-likeness (QED) is 0.912. The van der Waals surface area contributed by atoms with Crippen LogP contribution < -0.4 is 0 Å². The minimum absolute atomic E-state index is 0.192. The molecule has 1 N–H and O–H groups in total. The highest BCUT2D eigenvalue weighted by Gasteiger charge is 2.10. The van der Waals surface area contributed by atoms with Gasteiger partial charge in [-0.15, -0.1) is 0 Å². The summed E-state index contributed by atoms with van der Waals surface area (Å²) < 4.78 is 2.17. The zero-order valence-electron chi connectivity index (χ0n) is 11.3. The Morgan fingerprint density at radius 3 is 2.47 bits per heavy atom. The minimum atomic E-state index is 0.192. The van der Waals surface area contributed by atoms with Crippen LogP contribution in [0.2, 0.25) is 0 Å². The van der Waals surface area contributed by atoms with E-state index in [2.05, 4.69) is 29.7 Å². The molecule has 1 unspecified atom stereocenters. The van der Waals surface area contributed by atoms with Gasteiger partial charge in [0.05, 0.1) is 11.6 Å². The molecule has 0 bridgehead atoms. The molecule has 0 fully saturated rings. The Balaban J connectivity index is 2.37. The molecule has 98 valence electrons. The fourth-order valence-electron chi connectivity index (χ4n) is 2.23. The summed E-state index contributed by atoms with van der Waals surface area (Å²) in [5.41, 5.74) is 4.06. The standard InChI is InChI=1S/C16H18N2O/c1-12(11-19)9-16-6-3-13(2)18(16)15-7-4-14(10-17)5-8-15/h3-8,12,19H,9,11H2,1-2H3. The Morgan fingerprint density at radius 2 is 1.89 bits per heavy atom. The third-order valence-corrected chi connectivity index (χ3v) is 3.28. The van der Waals surface area contributed by atoms with Gasteiger partial charge in [0.25, 0.3) is 0 Å². The molecule has 3 nitrogen and oxygen atoms in total. The summed E-state index contributed by atoms with van der Waals surface area (Å²) in [7, 11) is 0. The van der Waals surface area contributed by atoms with Crippen LogP contribution in [0, 0.1) is 24.2 Å². The normalized spacial score (nSPS) is 12.1. The number of nitriles is 1. The van der Waals surface area contributed by atoms with Crippen molar-refractivity contribution in [3.63, 3.8) is 0 Å². The van der Waals surface area contributed by atoms with E-state index in [9.17, 15) is 5.11 Å². The summed E-state index contributed by atoms with van der Waals surface area (Å²) in [4.78, 5) is 0.